The van der Waals surface area contributed by atoms with Crippen molar-refractivity contribution >= 4 is 50.6 Å². The van der Waals surface area contributed by atoms with Gasteiger partial charge < -0.3 is 5.32 Å². The highest BCUT2D eigenvalue weighted by atomic mass is 32.2. The van der Waals surface area contributed by atoms with Crippen molar-refractivity contribution in [3.8, 4) is 0 Å². The number of carbonyl (C=O) groups is 1. The number of anilines is 2. The van der Waals surface area contributed by atoms with Gasteiger partial charge in [-0.1, -0.05) is 53.4 Å². The molecule has 28 heavy (non-hydrogen) atoms. The fourth-order valence-electron chi connectivity index (χ4n) is 3.05. The van der Waals surface area contributed by atoms with Gasteiger partial charge in [0.05, 0.1) is 18.0 Å². The van der Waals surface area contributed by atoms with Gasteiger partial charge in [-0.15, -0.1) is 21.5 Å². The molecule has 0 unspecified atom stereocenters. The number of hydrogen-bond donors (Lipinski definition) is 1. The molecule has 0 spiro atoms. The first-order valence-electron chi connectivity index (χ1n) is 9.20. The number of rotatable bonds is 7. The summed E-state index contributed by atoms with van der Waals surface area (Å²) in [6.07, 6.45) is 4.49. The monoisotopic (exact) mass is 431 g/mol. The third-order valence-electron chi connectivity index (χ3n) is 4.49. The van der Waals surface area contributed by atoms with Gasteiger partial charge in [-0.3, -0.25) is 9.69 Å². The Bertz CT molecular complexity index is 917. The molecule has 3 aromatic rings. The third kappa shape index (κ3) is 4.53. The highest BCUT2D eigenvalue weighted by Crippen LogP contribution is 2.33. The number of hydrogen-bond acceptors (Lipinski definition) is 8. The maximum Gasteiger partial charge on any atom is 0.239 e. The lowest BCUT2D eigenvalue weighted by atomic mass is 10.0. The van der Waals surface area contributed by atoms with Crippen LogP contribution in [-0.2, 0) is 24.2 Å². The zero-order valence-corrected chi connectivity index (χ0v) is 18.0. The lowest BCUT2D eigenvalue weighted by molar-refractivity contribution is -0.116. The van der Waals surface area contributed by atoms with Gasteiger partial charge in [0, 0.05) is 11.9 Å². The maximum atomic E-state index is 13.1. The molecule has 1 aliphatic carbocycles. The summed E-state index contributed by atoms with van der Waals surface area (Å²) in [6, 6.07) is 10.1. The zero-order valence-electron chi connectivity index (χ0n) is 15.6. The van der Waals surface area contributed by atoms with E-state index in [-0.39, 0.29) is 5.91 Å². The van der Waals surface area contributed by atoms with E-state index in [9.17, 15) is 4.79 Å². The van der Waals surface area contributed by atoms with E-state index in [1.165, 1.54) is 46.5 Å². The quantitative estimate of drug-likeness (QED) is 0.564. The van der Waals surface area contributed by atoms with Crippen LogP contribution >= 0.6 is 34.4 Å². The molecule has 4 rings (SSSR count). The fourth-order valence-corrected chi connectivity index (χ4v) is 5.80. The van der Waals surface area contributed by atoms with Crippen molar-refractivity contribution < 1.29 is 4.79 Å². The molecule has 0 saturated heterocycles. The van der Waals surface area contributed by atoms with Crippen LogP contribution in [-0.4, -0.2) is 33.9 Å². The van der Waals surface area contributed by atoms with Gasteiger partial charge in [0.1, 0.15) is 0 Å². The first-order chi connectivity index (χ1) is 13.7. The highest BCUT2D eigenvalue weighted by molar-refractivity contribution is 8.01. The number of benzene rings is 1. The Morgan fingerprint density at radius 2 is 2.00 bits per heavy atom. The molecule has 1 amide bonds. The number of thioether (sulfide) groups is 1. The Balaban J connectivity index is 1.53. The van der Waals surface area contributed by atoms with E-state index in [1.54, 1.807) is 11.3 Å². The Kier molecular flexibility index (Phi) is 6.23. The molecule has 0 aliphatic heterocycles. The molecular weight excluding hydrogens is 410 g/mol. The lowest BCUT2D eigenvalue weighted by Crippen LogP contribution is -2.31. The number of nitrogens with one attached hydrogen (secondary N) is 1. The van der Waals surface area contributed by atoms with E-state index in [4.69, 9.17) is 4.98 Å². The predicted octanol–water partition coefficient (Wildman–Crippen LogP) is 4.24. The molecule has 9 heteroatoms. The van der Waals surface area contributed by atoms with E-state index in [1.807, 2.05) is 42.3 Å². The predicted molar refractivity (Wildman–Crippen MR) is 117 cm³/mol. The van der Waals surface area contributed by atoms with Crippen molar-refractivity contribution in [2.45, 2.75) is 36.6 Å². The molecule has 0 fully saturated rings. The summed E-state index contributed by atoms with van der Waals surface area (Å²) in [5, 5.41) is 12.7. The van der Waals surface area contributed by atoms with Crippen LogP contribution in [0.3, 0.4) is 0 Å². The van der Waals surface area contributed by atoms with E-state index < -0.39 is 0 Å². The lowest BCUT2D eigenvalue weighted by Gasteiger charge is -2.19. The summed E-state index contributed by atoms with van der Waals surface area (Å²) < 4.78 is 0.788. The standard InChI is InChI=1S/C19H21N5OS3/c1-20-17-22-23-19(28-17)26-12-16(25)24(11-13-7-3-2-4-8-13)18-21-14-9-5-6-10-15(14)27-18/h2-4,7-8H,5-6,9-12H2,1H3,(H,20,22). The summed E-state index contributed by atoms with van der Waals surface area (Å²) in [5.41, 5.74) is 2.27. The average Bonchev–Trinajstić information content (AvgIpc) is 3.37. The van der Waals surface area contributed by atoms with Crippen LogP contribution in [0.1, 0.15) is 29.0 Å². The van der Waals surface area contributed by atoms with Crippen molar-refractivity contribution in [2.24, 2.45) is 0 Å². The largest absolute Gasteiger partial charge is 0.363 e. The Hall–Kier alpha value is -1.97. The third-order valence-corrected chi connectivity index (χ3v) is 7.73. The summed E-state index contributed by atoms with van der Waals surface area (Å²) in [4.78, 5) is 21.1. The molecule has 0 bridgehead atoms. The van der Waals surface area contributed by atoms with E-state index in [2.05, 4.69) is 15.5 Å². The molecule has 0 radical (unpaired) electrons. The van der Waals surface area contributed by atoms with Gasteiger partial charge in [0.2, 0.25) is 11.0 Å². The molecule has 0 atom stereocenters. The summed E-state index contributed by atoms with van der Waals surface area (Å²) in [6.45, 7) is 0.532. The van der Waals surface area contributed by atoms with Gasteiger partial charge >= 0.3 is 0 Å². The van der Waals surface area contributed by atoms with Crippen LogP contribution in [0.4, 0.5) is 10.3 Å². The van der Waals surface area contributed by atoms with E-state index >= 15 is 0 Å². The second-order valence-electron chi connectivity index (χ2n) is 6.45. The second-order valence-corrected chi connectivity index (χ2v) is 9.71. The fraction of sp³-hybridized carbons (Fsp3) is 0.368. The molecular formula is C19H21N5OS3. The van der Waals surface area contributed by atoms with Crippen molar-refractivity contribution in [2.75, 3.05) is 23.0 Å². The molecule has 2 aromatic heterocycles. The Labute approximate surface area is 176 Å². The SMILES string of the molecule is CNc1nnc(SCC(=O)N(Cc2ccccc2)c2nc3c(s2)CCCC3)s1. The van der Waals surface area contributed by atoms with Crippen LogP contribution in [0.25, 0.3) is 0 Å². The first-order valence-corrected chi connectivity index (χ1v) is 11.8. The summed E-state index contributed by atoms with van der Waals surface area (Å²) in [7, 11) is 1.81. The molecule has 6 nitrogen and oxygen atoms in total. The van der Waals surface area contributed by atoms with Crippen LogP contribution in [0.15, 0.2) is 34.7 Å². The Morgan fingerprint density at radius 3 is 2.75 bits per heavy atom. The minimum absolute atomic E-state index is 0.0427. The minimum atomic E-state index is 0.0427. The number of thiazole rings is 1. The smallest absolute Gasteiger partial charge is 0.239 e. The molecule has 1 aliphatic rings. The number of fused-ring (bicyclic) bond motifs is 1. The number of carbonyl (C=O) groups excluding carboxylic acids is 1. The van der Waals surface area contributed by atoms with Gasteiger partial charge in [0.25, 0.3) is 0 Å². The van der Waals surface area contributed by atoms with Gasteiger partial charge in [-0.05, 0) is 31.2 Å². The molecule has 1 N–H and O–H groups in total. The van der Waals surface area contributed by atoms with Crippen molar-refractivity contribution in [3.05, 3.63) is 46.5 Å². The zero-order chi connectivity index (χ0) is 19.3. The van der Waals surface area contributed by atoms with Crippen molar-refractivity contribution in [3.63, 3.8) is 0 Å². The normalized spacial score (nSPS) is 13.2. The number of aromatic nitrogens is 3. The number of aryl methyl sites for hydroxylation is 2. The van der Waals surface area contributed by atoms with Gasteiger partial charge in [-0.2, -0.15) is 0 Å². The van der Waals surface area contributed by atoms with Crippen LogP contribution < -0.4 is 10.2 Å². The highest BCUT2D eigenvalue weighted by Gasteiger charge is 2.24. The first kappa shape index (κ1) is 19.4. The van der Waals surface area contributed by atoms with Crippen LogP contribution in [0.5, 0.6) is 0 Å². The molecule has 146 valence electrons. The van der Waals surface area contributed by atoms with Crippen molar-refractivity contribution in [1.29, 1.82) is 0 Å². The van der Waals surface area contributed by atoms with Gasteiger partial charge in [0.15, 0.2) is 9.47 Å². The second kappa shape index (κ2) is 9.02. The average molecular weight is 432 g/mol. The van der Waals surface area contributed by atoms with E-state index in [0.717, 1.165) is 33.0 Å². The number of amides is 1. The maximum absolute atomic E-state index is 13.1. The van der Waals surface area contributed by atoms with Crippen molar-refractivity contribution in [1.82, 2.24) is 15.2 Å². The molecule has 2 heterocycles. The van der Waals surface area contributed by atoms with Gasteiger partial charge in [-0.25, -0.2) is 4.98 Å². The topological polar surface area (TPSA) is 71.0 Å². The number of nitrogens with zero attached hydrogens (tertiary/aromatic N) is 4. The van der Waals surface area contributed by atoms with E-state index in [0.29, 0.717) is 12.3 Å². The summed E-state index contributed by atoms with van der Waals surface area (Å²) >= 11 is 4.55. The minimum Gasteiger partial charge on any atom is -0.363 e. The van der Waals surface area contributed by atoms with Crippen LogP contribution in [0.2, 0.25) is 0 Å². The Morgan fingerprint density at radius 1 is 1.18 bits per heavy atom. The molecule has 0 saturated carbocycles. The molecule has 1 aromatic carbocycles. The van der Waals surface area contributed by atoms with Crippen LogP contribution in [0, 0.1) is 0 Å². The summed E-state index contributed by atoms with van der Waals surface area (Å²) in [5.74, 6) is 0.358.